The Balaban J connectivity index is 0.000000234. The lowest BCUT2D eigenvalue weighted by molar-refractivity contribution is 0.228. The van der Waals surface area contributed by atoms with Crippen LogP contribution in [0.25, 0.3) is 0 Å². The smallest absolute Gasteiger partial charge is 0.357 e. The Bertz CT molecular complexity index is 1080. The lowest BCUT2D eigenvalue weighted by Gasteiger charge is -2.24. The van der Waals surface area contributed by atoms with Crippen LogP contribution in [0.15, 0.2) is 24.3 Å². The van der Waals surface area contributed by atoms with Gasteiger partial charge in [-0.25, -0.2) is 19.2 Å². The summed E-state index contributed by atoms with van der Waals surface area (Å²) in [6.07, 6.45) is 0. The number of rotatable bonds is 2. The second kappa shape index (κ2) is 13.6. The molecule has 4 rings (SSSR count). The molecule has 0 unspecified atom stereocenters. The van der Waals surface area contributed by atoms with Gasteiger partial charge in [-0.2, -0.15) is 0 Å². The molecular weight excluding hydrogens is 552 g/mol. The zero-order valence-electron chi connectivity index (χ0n) is 21.8. The van der Waals surface area contributed by atoms with Gasteiger partial charge in [-0.15, -0.1) is 0 Å². The average molecular weight is 582 g/mol. The summed E-state index contributed by atoms with van der Waals surface area (Å²) < 4.78 is -0.750. The van der Waals surface area contributed by atoms with E-state index in [0.29, 0.717) is 0 Å². The van der Waals surface area contributed by atoms with Crippen molar-refractivity contribution in [3.8, 4) is 0 Å². The first-order valence-electron chi connectivity index (χ1n) is 11.5. The molecule has 202 valence electrons. The first-order chi connectivity index (χ1) is 17.7. The standard InChI is InChI=1S/2C11H14BN3O2.CHCl3/c2*1-6-4-7(2)9(8(3)5-6)12-14-10(16)13-11(17)15-12;2-1(3)4/h2*4-5H,1-3H3,(H3,13,14,15,16,17);1H. The van der Waals surface area contributed by atoms with Crippen molar-refractivity contribution in [1.82, 2.24) is 31.5 Å². The summed E-state index contributed by atoms with van der Waals surface area (Å²) in [5, 5.41) is 15.0. The molecule has 2 heterocycles. The molecule has 0 spiro atoms. The largest absolute Gasteiger partial charge is 0.413 e. The summed E-state index contributed by atoms with van der Waals surface area (Å²) in [6, 6.07) is 6.23. The zero-order valence-corrected chi connectivity index (χ0v) is 24.1. The fourth-order valence-electron chi connectivity index (χ4n) is 4.53. The van der Waals surface area contributed by atoms with Crippen molar-refractivity contribution in [2.24, 2.45) is 0 Å². The minimum Gasteiger partial charge on any atom is -0.357 e. The van der Waals surface area contributed by atoms with Gasteiger partial charge in [-0.05, 0) is 52.5 Å². The lowest BCUT2D eigenvalue weighted by Crippen LogP contribution is -2.70. The molecule has 2 aliphatic rings. The number of hydrogen-bond donors (Lipinski definition) is 6. The summed E-state index contributed by atoms with van der Waals surface area (Å²) in [4.78, 5) is 45.1. The van der Waals surface area contributed by atoms with Crippen molar-refractivity contribution in [2.75, 3.05) is 0 Å². The molecule has 0 aromatic heterocycles. The number of halogens is 3. The number of alkyl halides is 3. The van der Waals surface area contributed by atoms with Crippen LogP contribution in [0.1, 0.15) is 33.4 Å². The van der Waals surface area contributed by atoms with Gasteiger partial charge in [-0.3, -0.25) is 10.6 Å². The van der Waals surface area contributed by atoms with Crippen molar-refractivity contribution in [2.45, 2.75) is 45.8 Å². The highest BCUT2D eigenvalue weighted by molar-refractivity contribution is 6.75. The van der Waals surface area contributed by atoms with E-state index in [1.807, 2.05) is 65.8 Å². The third-order valence-electron chi connectivity index (χ3n) is 5.61. The Morgan fingerprint density at radius 3 is 0.947 bits per heavy atom. The number of hydrogen-bond acceptors (Lipinski definition) is 4. The minimum atomic E-state index is -0.750. The molecule has 0 atom stereocenters. The monoisotopic (exact) mass is 580 g/mol. The van der Waals surface area contributed by atoms with Crippen molar-refractivity contribution in [3.63, 3.8) is 0 Å². The van der Waals surface area contributed by atoms with Gasteiger partial charge in [0.2, 0.25) is 0 Å². The second-order valence-corrected chi connectivity index (χ2v) is 10.9. The van der Waals surface area contributed by atoms with Gasteiger partial charge in [-0.1, -0.05) is 92.4 Å². The summed E-state index contributed by atoms with van der Waals surface area (Å²) in [5.41, 5.74) is 8.42. The predicted molar refractivity (Wildman–Crippen MR) is 154 cm³/mol. The third-order valence-corrected chi connectivity index (χ3v) is 5.61. The summed E-state index contributed by atoms with van der Waals surface area (Å²) in [5.74, 6) is 0. The van der Waals surface area contributed by atoms with E-state index in [1.54, 1.807) is 0 Å². The normalized spacial score (nSPS) is 14.5. The third kappa shape index (κ3) is 9.04. The summed E-state index contributed by atoms with van der Waals surface area (Å²) in [7, 11) is 0. The molecule has 2 saturated heterocycles. The van der Waals surface area contributed by atoms with E-state index < -0.39 is 42.4 Å². The van der Waals surface area contributed by atoms with E-state index in [-0.39, 0.29) is 0 Å². The molecule has 6 N–H and O–H groups in total. The number of imide groups is 2. The fourth-order valence-corrected chi connectivity index (χ4v) is 4.53. The van der Waals surface area contributed by atoms with Crippen LogP contribution in [0, 0.1) is 41.5 Å². The van der Waals surface area contributed by atoms with Gasteiger partial charge in [0, 0.05) is 0 Å². The van der Waals surface area contributed by atoms with E-state index in [9.17, 15) is 19.2 Å². The van der Waals surface area contributed by atoms with Gasteiger partial charge in [0.15, 0.2) is 4.30 Å². The van der Waals surface area contributed by atoms with Gasteiger partial charge in [0.25, 0.3) is 0 Å². The van der Waals surface area contributed by atoms with Crippen LogP contribution in [-0.2, 0) is 0 Å². The van der Waals surface area contributed by atoms with Crippen molar-refractivity contribution in [3.05, 3.63) is 57.6 Å². The maximum absolute atomic E-state index is 11.3. The van der Waals surface area contributed by atoms with Gasteiger partial charge in [0.05, 0.1) is 0 Å². The Morgan fingerprint density at radius 2 is 0.737 bits per heavy atom. The first-order valence-corrected chi connectivity index (χ1v) is 12.8. The summed E-state index contributed by atoms with van der Waals surface area (Å²) in [6.45, 7) is 11.0. The van der Waals surface area contributed by atoms with Crippen molar-refractivity contribution >= 4 is 83.8 Å². The van der Waals surface area contributed by atoms with E-state index in [0.717, 1.165) is 44.3 Å². The van der Waals surface area contributed by atoms with Crippen LogP contribution >= 0.6 is 34.8 Å². The average Bonchev–Trinajstić information content (AvgIpc) is 2.71. The van der Waals surface area contributed by atoms with E-state index in [4.69, 9.17) is 34.8 Å². The molecule has 15 heteroatoms. The number of urea groups is 4. The van der Waals surface area contributed by atoms with Crippen molar-refractivity contribution in [1.29, 1.82) is 0 Å². The van der Waals surface area contributed by atoms with E-state index in [2.05, 4.69) is 31.5 Å². The highest BCUT2D eigenvalue weighted by atomic mass is 35.6. The fraction of sp³-hybridized carbons (Fsp3) is 0.304. The number of amides is 8. The number of carbonyl (C=O) groups excluding carboxylic acids is 4. The van der Waals surface area contributed by atoms with Gasteiger partial charge in [0.1, 0.15) is 0 Å². The first kappa shape index (κ1) is 31.1. The van der Waals surface area contributed by atoms with Crippen LogP contribution in [0.3, 0.4) is 0 Å². The second-order valence-electron chi connectivity index (χ2n) is 8.88. The van der Waals surface area contributed by atoms with E-state index >= 15 is 0 Å². The lowest BCUT2D eigenvalue weighted by atomic mass is 9.63. The van der Waals surface area contributed by atoms with Crippen LogP contribution in [0.2, 0.25) is 0 Å². The molecule has 0 bridgehead atoms. The predicted octanol–water partition coefficient (Wildman–Crippen LogP) is 2.65. The molecule has 2 aliphatic heterocycles. The molecule has 2 fully saturated rings. The van der Waals surface area contributed by atoms with Gasteiger partial charge >= 0.3 is 38.1 Å². The molecule has 2 aromatic carbocycles. The number of aryl methyl sites for hydroxylation is 6. The topological polar surface area (TPSA) is 140 Å². The number of carbonyl (C=O) groups is 4. The number of nitrogens with one attached hydrogen (secondary N) is 6. The van der Waals surface area contributed by atoms with Crippen LogP contribution in [-0.4, -0.2) is 42.4 Å². The Hall–Kier alpha value is -3.08. The van der Waals surface area contributed by atoms with Crippen LogP contribution in [0.5, 0.6) is 0 Å². The van der Waals surface area contributed by atoms with Crippen LogP contribution in [0.4, 0.5) is 19.2 Å². The van der Waals surface area contributed by atoms with E-state index in [1.165, 1.54) is 0 Å². The van der Waals surface area contributed by atoms with Crippen LogP contribution < -0.4 is 42.5 Å². The zero-order chi connectivity index (χ0) is 28.7. The molecule has 0 saturated carbocycles. The highest BCUT2D eigenvalue weighted by Crippen LogP contribution is 2.08. The molecule has 2 aromatic rings. The van der Waals surface area contributed by atoms with Gasteiger partial charge < -0.3 is 20.9 Å². The minimum absolute atomic E-state index is 0.461. The Kier molecular flexibility index (Phi) is 11.2. The maximum atomic E-state index is 11.3. The quantitative estimate of drug-likeness (QED) is 0.240. The maximum Gasteiger partial charge on any atom is 0.413 e. The molecule has 8 amide bonds. The molecule has 0 aliphatic carbocycles. The Labute approximate surface area is 237 Å². The molecule has 10 nitrogen and oxygen atoms in total. The number of benzene rings is 2. The SMILES string of the molecule is Cc1cc(C)c(B2NC(=O)NC(=O)N2)c(C)c1.Cc1cc(C)c(B2NC(=O)NC(=O)N2)c(C)c1.ClC(Cl)Cl. The molecular formula is C23H29B2Cl3N6O4. The molecule has 38 heavy (non-hydrogen) atoms. The Morgan fingerprint density at radius 1 is 0.526 bits per heavy atom. The summed E-state index contributed by atoms with van der Waals surface area (Å²) >= 11 is 14.4. The van der Waals surface area contributed by atoms with Crippen molar-refractivity contribution < 1.29 is 19.2 Å². The molecule has 0 radical (unpaired) electrons. The highest BCUT2D eigenvalue weighted by Gasteiger charge is 2.32.